The second-order valence-corrected chi connectivity index (χ2v) is 8.31. The van der Waals surface area contributed by atoms with Gasteiger partial charge in [-0.05, 0) is 68.6 Å². The predicted molar refractivity (Wildman–Crippen MR) is 79.1 cm³/mol. The van der Waals surface area contributed by atoms with Crippen LogP contribution in [0.3, 0.4) is 0 Å². The highest BCUT2D eigenvalue weighted by Crippen LogP contribution is 2.62. The van der Waals surface area contributed by atoms with E-state index >= 15 is 0 Å². The highest BCUT2D eigenvalue weighted by molar-refractivity contribution is 5.88. The highest BCUT2D eigenvalue weighted by atomic mass is 16.2. The summed E-state index contributed by atoms with van der Waals surface area (Å²) in [5, 5.41) is 0. The Labute approximate surface area is 126 Å². The number of hydrogen-bond acceptors (Lipinski definition) is 2. The summed E-state index contributed by atoms with van der Waals surface area (Å²) in [5.41, 5.74) is 5.74. The fraction of sp³-hybridized carbons (Fsp3) is 0.882. The van der Waals surface area contributed by atoms with E-state index in [1.807, 2.05) is 4.90 Å². The average Bonchev–Trinajstić information content (AvgIpc) is 2.78. The van der Waals surface area contributed by atoms with E-state index in [0.717, 1.165) is 17.8 Å². The Kier molecular flexibility index (Phi) is 2.89. The first kappa shape index (κ1) is 13.6. The smallest absolute Gasteiger partial charge is 0.223 e. The Morgan fingerprint density at radius 3 is 2.14 bits per heavy atom. The molecule has 0 radical (unpaired) electrons. The minimum absolute atomic E-state index is 0.141. The van der Waals surface area contributed by atoms with Crippen LogP contribution in [0.1, 0.15) is 51.9 Å². The predicted octanol–water partition coefficient (Wildman–Crippen LogP) is 1.93. The normalized spacial score (nSPS) is 46.1. The summed E-state index contributed by atoms with van der Waals surface area (Å²) in [5.74, 6) is 2.23. The number of likely N-dealkylation sites (tertiary alicyclic amines) is 1. The van der Waals surface area contributed by atoms with Crippen LogP contribution in [0.25, 0.3) is 0 Å². The number of nitrogens with two attached hydrogens (primary N) is 1. The number of carbonyl (C=O) groups is 2. The molecular weight excluding hydrogens is 264 g/mol. The van der Waals surface area contributed by atoms with Gasteiger partial charge in [0.05, 0.1) is 5.92 Å². The second kappa shape index (κ2) is 4.47. The molecule has 2 amide bonds. The Hall–Kier alpha value is -1.06. The van der Waals surface area contributed by atoms with Crippen LogP contribution in [0.5, 0.6) is 0 Å². The molecule has 4 bridgehead atoms. The zero-order valence-electron chi connectivity index (χ0n) is 12.9. The third-order valence-corrected chi connectivity index (χ3v) is 7.00. The number of nitrogens with zero attached hydrogens (tertiary/aromatic N) is 1. The molecule has 0 spiro atoms. The minimum atomic E-state index is -0.316. The Bertz CT molecular complexity index is 452. The Balaban J connectivity index is 1.56. The first-order valence-corrected chi connectivity index (χ1v) is 8.55. The zero-order valence-corrected chi connectivity index (χ0v) is 12.9. The molecular formula is C17H26N2O2. The molecule has 4 nitrogen and oxygen atoms in total. The first-order chi connectivity index (χ1) is 9.97. The molecule has 0 aromatic rings. The molecule has 1 aliphatic heterocycles. The molecule has 1 saturated heterocycles. The lowest BCUT2D eigenvalue weighted by Gasteiger charge is -2.60. The molecule has 2 unspecified atom stereocenters. The third-order valence-electron chi connectivity index (χ3n) is 7.00. The van der Waals surface area contributed by atoms with Gasteiger partial charge in [0.15, 0.2) is 0 Å². The van der Waals surface area contributed by atoms with Crippen molar-refractivity contribution in [2.45, 2.75) is 57.9 Å². The fourth-order valence-corrected chi connectivity index (χ4v) is 6.32. The average molecular weight is 290 g/mol. The molecule has 0 aromatic carbocycles. The Morgan fingerprint density at radius 2 is 1.71 bits per heavy atom. The molecule has 21 heavy (non-hydrogen) atoms. The molecule has 4 saturated carbocycles. The molecule has 1 heterocycles. The monoisotopic (exact) mass is 290 g/mol. The first-order valence-electron chi connectivity index (χ1n) is 8.55. The van der Waals surface area contributed by atoms with Crippen LogP contribution in [0.15, 0.2) is 0 Å². The van der Waals surface area contributed by atoms with Crippen LogP contribution >= 0.6 is 0 Å². The zero-order chi connectivity index (χ0) is 14.8. The van der Waals surface area contributed by atoms with Crippen molar-refractivity contribution < 1.29 is 9.59 Å². The maximum Gasteiger partial charge on any atom is 0.223 e. The van der Waals surface area contributed by atoms with Gasteiger partial charge in [-0.25, -0.2) is 0 Å². The van der Waals surface area contributed by atoms with E-state index in [-0.39, 0.29) is 23.8 Å². The highest BCUT2D eigenvalue weighted by Gasteiger charge is 2.55. The lowest BCUT2D eigenvalue weighted by atomic mass is 9.47. The summed E-state index contributed by atoms with van der Waals surface area (Å²) >= 11 is 0. The van der Waals surface area contributed by atoms with Gasteiger partial charge >= 0.3 is 0 Å². The quantitative estimate of drug-likeness (QED) is 0.863. The molecule has 0 aromatic heterocycles. The van der Waals surface area contributed by atoms with Crippen molar-refractivity contribution in [3.8, 4) is 0 Å². The number of rotatable bonds is 3. The van der Waals surface area contributed by atoms with Crippen LogP contribution in [-0.4, -0.2) is 29.3 Å². The molecule has 4 heteroatoms. The van der Waals surface area contributed by atoms with Crippen molar-refractivity contribution in [3.05, 3.63) is 0 Å². The third kappa shape index (κ3) is 2.01. The lowest BCUT2D eigenvalue weighted by Crippen LogP contribution is -2.56. The minimum Gasteiger partial charge on any atom is -0.369 e. The lowest BCUT2D eigenvalue weighted by molar-refractivity contribution is -0.140. The van der Waals surface area contributed by atoms with Crippen LogP contribution < -0.4 is 5.73 Å². The number of primary amides is 1. The van der Waals surface area contributed by atoms with Crippen LogP contribution in [0.4, 0.5) is 0 Å². The van der Waals surface area contributed by atoms with E-state index in [2.05, 4.69) is 6.92 Å². The standard InChI is InChI=1S/C17H26N2O2/c1-10(19-9-14(16(18)21)5-15(19)20)17-6-11-2-12(7-17)4-13(3-11)8-17/h10-14H,2-9H2,1H3,(H2,18,21). The fourth-order valence-electron chi connectivity index (χ4n) is 6.32. The van der Waals surface area contributed by atoms with Crippen molar-refractivity contribution >= 4 is 11.8 Å². The van der Waals surface area contributed by atoms with Gasteiger partial charge in [-0.15, -0.1) is 0 Å². The van der Waals surface area contributed by atoms with E-state index < -0.39 is 0 Å². The molecule has 2 N–H and O–H groups in total. The van der Waals surface area contributed by atoms with E-state index in [1.54, 1.807) is 0 Å². The van der Waals surface area contributed by atoms with Crippen molar-refractivity contribution in [3.63, 3.8) is 0 Å². The maximum absolute atomic E-state index is 12.3. The van der Waals surface area contributed by atoms with Crippen LogP contribution in [0, 0.1) is 29.1 Å². The van der Waals surface area contributed by atoms with Crippen molar-refractivity contribution in [1.29, 1.82) is 0 Å². The van der Waals surface area contributed by atoms with Crippen molar-refractivity contribution in [2.24, 2.45) is 34.8 Å². The van der Waals surface area contributed by atoms with E-state index in [4.69, 9.17) is 5.73 Å². The summed E-state index contributed by atoms with van der Waals surface area (Å²) in [6, 6.07) is 0.280. The molecule has 116 valence electrons. The topological polar surface area (TPSA) is 63.4 Å². The maximum atomic E-state index is 12.3. The van der Waals surface area contributed by atoms with Gasteiger partial charge in [-0.2, -0.15) is 0 Å². The number of amides is 2. The van der Waals surface area contributed by atoms with Crippen molar-refractivity contribution in [1.82, 2.24) is 4.90 Å². The summed E-state index contributed by atoms with van der Waals surface area (Å²) in [4.78, 5) is 25.7. The van der Waals surface area contributed by atoms with Gasteiger partial charge < -0.3 is 10.6 Å². The summed E-state index contributed by atoms with van der Waals surface area (Å²) in [6.07, 6.45) is 8.48. The number of carbonyl (C=O) groups excluding carboxylic acids is 2. The van der Waals surface area contributed by atoms with Gasteiger partial charge in [0.1, 0.15) is 0 Å². The molecule has 5 fully saturated rings. The van der Waals surface area contributed by atoms with Gasteiger partial charge in [0.2, 0.25) is 11.8 Å². The second-order valence-electron chi connectivity index (χ2n) is 8.31. The van der Waals surface area contributed by atoms with Crippen LogP contribution in [-0.2, 0) is 9.59 Å². The van der Waals surface area contributed by atoms with Crippen molar-refractivity contribution in [2.75, 3.05) is 6.54 Å². The molecule has 5 aliphatic rings. The van der Waals surface area contributed by atoms with E-state index in [1.165, 1.54) is 38.5 Å². The Morgan fingerprint density at radius 1 is 1.19 bits per heavy atom. The van der Waals surface area contributed by atoms with E-state index in [0.29, 0.717) is 18.4 Å². The van der Waals surface area contributed by atoms with Gasteiger partial charge in [0.25, 0.3) is 0 Å². The van der Waals surface area contributed by atoms with Crippen LogP contribution in [0.2, 0.25) is 0 Å². The summed E-state index contributed by atoms with van der Waals surface area (Å²) < 4.78 is 0. The van der Waals surface area contributed by atoms with Gasteiger partial charge in [0, 0.05) is 19.0 Å². The molecule has 2 atom stereocenters. The largest absolute Gasteiger partial charge is 0.369 e. The summed E-state index contributed by atoms with van der Waals surface area (Å²) in [6.45, 7) is 2.78. The molecule has 4 aliphatic carbocycles. The number of hydrogen-bond donors (Lipinski definition) is 1. The van der Waals surface area contributed by atoms with Gasteiger partial charge in [-0.1, -0.05) is 0 Å². The SMILES string of the molecule is CC(N1CC(C(N)=O)CC1=O)C12CC3CC(CC(C3)C1)C2. The van der Waals surface area contributed by atoms with E-state index in [9.17, 15) is 9.59 Å². The summed E-state index contributed by atoms with van der Waals surface area (Å²) in [7, 11) is 0. The molecule has 5 rings (SSSR count). The van der Waals surface area contributed by atoms with Gasteiger partial charge in [-0.3, -0.25) is 9.59 Å².